The van der Waals surface area contributed by atoms with Crippen LogP contribution in [0.4, 0.5) is 5.69 Å². The summed E-state index contributed by atoms with van der Waals surface area (Å²) in [5.41, 5.74) is 7.38. The van der Waals surface area contributed by atoms with E-state index >= 15 is 0 Å². The SMILES string of the molecule is CC1CN(C)CCN1Cc1cc(N)ccc1O. The Morgan fingerprint density at radius 1 is 1.41 bits per heavy atom. The van der Waals surface area contributed by atoms with Gasteiger partial charge in [-0.3, -0.25) is 4.90 Å². The fourth-order valence-corrected chi connectivity index (χ4v) is 2.36. The van der Waals surface area contributed by atoms with Gasteiger partial charge in [0.15, 0.2) is 0 Å². The Balaban J connectivity index is 2.07. The molecule has 1 fully saturated rings. The van der Waals surface area contributed by atoms with Crippen LogP contribution in [0, 0.1) is 0 Å². The molecule has 1 aliphatic heterocycles. The van der Waals surface area contributed by atoms with Crippen molar-refractivity contribution in [1.82, 2.24) is 9.80 Å². The monoisotopic (exact) mass is 235 g/mol. The van der Waals surface area contributed by atoms with Gasteiger partial charge in [-0.05, 0) is 32.2 Å². The van der Waals surface area contributed by atoms with E-state index in [0.717, 1.165) is 31.7 Å². The number of hydrogen-bond donors (Lipinski definition) is 2. The van der Waals surface area contributed by atoms with Gasteiger partial charge in [0.2, 0.25) is 0 Å². The Kier molecular flexibility index (Phi) is 3.54. The molecule has 4 heteroatoms. The van der Waals surface area contributed by atoms with Crippen molar-refractivity contribution in [3.63, 3.8) is 0 Å². The maximum Gasteiger partial charge on any atom is 0.120 e. The average molecular weight is 235 g/mol. The highest BCUT2D eigenvalue weighted by Gasteiger charge is 2.22. The molecular weight excluding hydrogens is 214 g/mol. The highest BCUT2D eigenvalue weighted by atomic mass is 16.3. The molecule has 1 atom stereocenters. The molecule has 0 radical (unpaired) electrons. The number of phenols is 1. The molecule has 0 aromatic heterocycles. The van der Waals surface area contributed by atoms with Gasteiger partial charge in [-0.15, -0.1) is 0 Å². The highest BCUT2D eigenvalue weighted by Crippen LogP contribution is 2.23. The number of aromatic hydroxyl groups is 1. The lowest BCUT2D eigenvalue weighted by Crippen LogP contribution is -2.49. The van der Waals surface area contributed by atoms with Gasteiger partial charge in [-0.2, -0.15) is 0 Å². The first kappa shape index (κ1) is 12.2. The van der Waals surface area contributed by atoms with Crippen LogP contribution in [0.2, 0.25) is 0 Å². The Morgan fingerprint density at radius 3 is 2.88 bits per heavy atom. The van der Waals surface area contributed by atoms with Crippen LogP contribution in [0.1, 0.15) is 12.5 Å². The van der Waals surface area contributed by atoms with Gasteiger partial charge in [0, 0.05) is 43.5 Å². The minimum atomic E-state index is 0.338. The first-order chi connectivity index (χ1) is 8.06. The third-order valence-corrected chi connectivity index (χ3v) is 3.45. The second-order valence-corrected chi connectivity index (χ2v) is 4.97. The topological polar surface area (TPSA) is 52.7 Å². The normalized spacial score (nSPS) is 22.8. The Morgan fingerprint density at radius 2 is 2.18 bits per heavy atom. The molecule has 1 unspecified atom stereocenters. The predicted molar refractivity (Wildman–Crippen MR) is 69.9 cm³/mol. The van der Waals surface area contributed by atoms with E-state index in [-0.39, 0.29) is 0 Å². The minimum absolute atomic E-state index is 0.338. The number of piperazine rings is 1. The van der Waals surface area contributed by atoms with E-state index in [1.165, 1.54) is 0 Å². The quantitative estimate of drug-likeness (QED) is 0.595. The molecule has 2 rings (SSSR count). The third-order valence-electron chi connectivity index (χ3n) is 3.45. The summed E-state index contributed by atoms with van der Waals surface area (Å²) in [6.45, 7) is 6.17. The van der Waals surface area contributed by atoms with Crippen LogP contribution in [0.15, 0.2) is 18.2 Å². The maximum absolute atomic E-state index is 9.81. The van der Waals surface area contributed by atoms with E-state index in [2.05, 4.69) is 23.8 Å². The van der Waals surface area contributed by atoms with Crippen molar-refractivity contribution in [3.05, 3.63) is 23.8 Å². The Hall–Kier alpha value is -1.26. The molecule has 94 valence electrons. The van der Waals surface area contributed by atoms with Crippen LogP contribution in [-0.4, -0.2) is 47.6 Å². The first-order valence-corrected chi connectivity index (χ1v) is 6.06. The number of likely N-dealkylation sites (N-methyl/N-ethyl adjacent to an activating group) is 1. The van der Waals surface area contributed by atoms with Crippen LogP contribution in [0.5, 0.6) is 5.75 Å². The molecule has 0 bridgehead atoms. The molecule has 4 nitrogen and oxygen atoms in total. The lowest BCUT2D eigenvalue weighted by atomic mass is 10.1. The van der Waals surface area contributed by atoms with Crippen molar-refractivity contribution in [2.24, 2.45) is 0 Å². The fraction of sp³-hybridized carbons (Fsp3) is 0.538. The van der Waals surface area contributed by atoms with Crippen molar-refractivity contribution in [2.75, 3.05) is 32.4 Å². The maximum atomic E-state index is 9.81. The molecule has 0 spiro atoms. The summed E-state index contributed by atoms with van der Waals surface area (Å²) in [6, 6.07) is 5.77. The van der Waals surface area contributed by atoms with E-state index in [1.807, 2.05) is 6.07 Å². The summed E-state index contributed by atoms with van der Waals surface area (Å²) in [5, 5.41) is 9.81. The van der Waals surface area contributed by atoms with Crippen LogP contribution in [0.3, 0.4) is 0 Å². The van der Waals surface area contributed by atoms with Crippen LogP contribution in [-0.2, 0) is 6.54 Å². The molecule has 1 aromatic rings. The van der Waals surface area contributed by atoms with E-state index in [0.29, 0.717) is 17.5 Å². The van der Waals surface area contributed by atoms with E-state index in [9.17, 15) is 5.11 Å². The second-order valence-electron chi connectivity index (χ2n) is 4.97. The zero-order chi connectivity index (χ0) is 12.4. The summed E-state index contributed by atoms with van der Waals surface area (Å²) in [4.78, 5) is 4.72. The van der Waals surface area contributed by atoms with Crippen molar-refractivity contribution in [1.29, 1.82) is 0 Å². The van der Waals surface area contributed by atoms with Crippen LogP contribution in [0.25, 0.3) is 0 Å². The summed E-state index contributed by atoms with van der Waals surface area (Å²) in [7, 11) is 2.14. The molecule has 0 amide bonds. The van der Waals surface area contributed by atoms with Gasteiger partial charge in [-0.1, -0.05) is 0 Å². The van der Waals surface area contributed by atoms with Gasteiger partial charge in [0.25, 0.3) is 0 Å². The zero-order valence-electron chi connectivity index (χ0n) is 10.6. The molecule has 3 N–H and O–H groups in total. The molecule has 1 saturated heterocycles. The summed E-state index contributed by atoms with van der Waals surface area (Å²) in [6.07, 6.45) is 0. The number of nitrogen functional groups attached to an aromatic ring is 1. The Bertz CT molecular complexity index is 394. The molecule has 0 saturated carbocycles. The number of nitrogens with two attached hydrogens (primary N) is 1. The molecule has 1 aliphatic rings. The van der Waals surface area contributed by atoms with Crippen LogP contribution < -0.4 is 5.73 Å². The molecule has 17 heavy (non-hydrogen) atoms. The lowest BCUT2D eigenvalue weighted by molar-refractivity contribution is 0.0931. The van der Waals surface area contributed by atoms with Gasteiger partial charge < -0.3 is 15.7 Å². The first-order valence-electron chi connectivity index (χ1n) is 6.06. The van der Waals surface area contributed by atoms with Crippen molar-refractivity contribution >= 4 is 5.69 Å². The van der Waals surface area contributed by atoms with Gasteiger partial charge in [0.1, 0.15) is 5.75 Å². The summed E-state index contributed by atoms with van der Waals surface area (Å²) in [5.74, 6) is 0.338. The fourth-order valence-electron chi connectivity index (χ4n) is 2.36. The van der Waals surface area contributed by atoms with E-state index in [1.54, 1.807) is 12.1 Å². The Labute approximate surface area is 103 Å². The van der Waals surface area contributed by atoms with E-state index in [4.69, 9.17) is 5.73 Å². The number of rotatable bonds is 2. The number of benzene rings is 1. The van der Waals surface area contributed by atoms with Crippen LogP contribution >= 0.6 is 0 Å². The standard InChI is InChI=1S/C13H21N3O/c1-10-8-15(2)5-6-16(10)9-11-7-12(14)3-4-13(11)17/h3-4,7,10,17H,5-6,8-9,14H2,1-2H3. The van der Waals surface area contributed by atoms with Gasteiger partial charge in [-0.25, -0.2) is 0 Å². The number of hydrogen-bond acceptors (Lipinski definition) is 4. The van der Waals surface area contributed by atoms with E-state index < -0.39 is 0 Å². The van der Waals surface area contributed by atoms with Gasteiger partial charge >= 0.3 is 0 Å². The largest absolute Gasteiger partial charge is 0.508 e. The zero-order valence-corrected chi connectivity index (χ0v) is 10.6. The average Bonchev–Trinajstić information content (AvgIpc) is 2.27. The third kappa shape index (κ3) is 2.90. The van der Waals surface area contributed by atoms with Crippen molar-refractivity contribution < 1.29 is 5.11 Å². The number of nitrogens with zero attached hydrogens (tertiary/aromatic N) is 2. The molecule has 0 aliphatic carbocycles. The second kappa shape index (κ2) is 4.94. The lowest BCUT2D eigenvalue weighted by Gasteiger charge is -2.38. The van der Waals surface area contributed by atoms with Gasteiger partial charge in [0.05, 0.1) is 0 Å². The smallest absolute Gasteiger partial charge is 0.120 e. The summed E-state index contributed by atoms with van der Waals surface area (Å²) < 4.78 is 0. The number of anilines is 1. The molecule has 1 aromatic carbocycles. The summed E-state index contributed by atoms with van der Waals surface area (Å²) >= 11 is 0. The van der Waals surface area contributed by atoms with Crippen molar-refractivity contribution in [2.45, 2.75) is 19.5 Å². The number of phenolic OH excluding ortho intramolecular Hbond substituents is 1. The highest BCUT2D eigenvalue weighted by molar-refractivity contribution is 5.47. The molecule has 1 heterocycles. The molecular formula is C13H21N3O. The van der Waals surface area contributed by atoms with Crippen molar-refractivity contribution in [3.8, 4) is 5.75 Å². The predicted octanol–water partition coefficient (Wildman–Crippen LogP) is 1.11. The minimum Gasteiger partial charge on any atom is -0.508 e.